The molecule has 0 heterocycles. The van der Waals surface area contributed by atoms with Crippen molar-refractivity contribution in [2.24, 2.45) is 0 Å². The quantitative estimate of drug-likeness (QED) is 0.0618. The van der Waals surface area contributed by atoms with Crippen LogP contribution in [-0.4, -0.2) is 24.9 Å². The SMILES string of the molecule is CCCCCCCCCCCCCCCCCCCCCCO.CCCCCCCCCCCCCCCCCCOCCCCCCCCCCCCCCCCCC. The number of aliphatic hydroxyl groups is 1. The predicted octanol–water partition coefficient (Wildman–Crippen LogP) is 21.3. The summed E-state index contributed by atoms with van der Waals surface area (Å²) in [4.78, 5) is 0. The molecule has 0 aliphatic heterocycles. The Hall–Kier alpha value is -0.0800. The van der Waals surface area contributed by atoms with Gasteiger partial charge in [-0.25, -0.2) is 0 Å². The molecule has 0 atom stereocenters. The van der Waals surface area contributed by atoms with Crippen LogP contribution in [-0.2, 0) is 4.74 Å². The lowest BCUT2D eigenvalue weighted by molar-refractivity contribution is 0.125. The molecule has 0 spiro atoms. The summed E-state index contributed by atoms with van der Waals surface area (Å²) >= 11 is 0. The molecule has 2 heteroatoms. The van der Waals surface area contributed by atoms with Gasteiger partial charge in [-0.1, -0.05) is 335 Å². The fourth-order valence-corrected chi connectivity index (χ4v) is 8.97. The van der Waals surface area contributed by atoms with E-state index in [-0.39, 0.29) is 0 Å². The van der Waals surface area contributed by atoms with Crippen LogP contribution in [0.3, 0.4) is 0 Å². The average Bonchev–Trinajstić information content (AvgIpc) is 3.26. The van der Waals surface area contributed by atoms with Gasteiger partial charge in [0.15, 0.2) is 0 Å². The lowest BCUT2D eigenvalue weighted by Crippen LogP contribution is -1.97. The number of ether oxygens (including phenoxy) is 1. The van der Waals surface area contributed by atoms with Gasteiger partial charge in [0.25, 0.3) is 0 Å². The Morgan fingerprint density at radius 2 is 0.317 bits per heavy atom. The maximum absolute atomic E-state index is 8.71. The summed E-state index contributed by atoms with van der Waals surface area (Å²) < 4.78 is 5.87. The van der Waals surface area contributed by atoms with Crippen LogP contribution >= 0.6 is 0 Å². The van der Waals surface area contributed by atoms with Crippen LogP contribution in [0.25, 0.3) is 0 Å². The summed E-state index contributed by atoms with van der Waals surface area (Å²) in [6, 6.07) is 0. The Morgan fingerprint density at radius 3 is 0.467 bits per heavy atom. The summed E-state index contributed by atoms with van der Waals surface area (Å²) in [5, 5.41) is 8.71. The van der Waals surface area contributed by atoms with Crippen molar-refractivity contribution in [3.8, 4) is 0 Å². The first-order chi connectivity index (χ1) is 29.8. The van der Waals surface area contributed by atoms with E-state index in [1.165, 1.54) is 327 Å². The van der Waals surface area contributed by atoms with Crippen LogP contribution in [0, 0.1) is 0 Å². The van der Waals surface area contributed by atoms with Crippen molar-refractivity contribution in [3.05, 3.63) is 0 Å². The fourth-order valence-electron chi connectivity index (χ4n) is 8.97. The third-order valence-corrected chi connectivity index (χ3v) is 13.3. The number of aliphatic hydroxyl groups excluding tert-OH is 1. The topological polar surface area (TPSA) is 29.5 Å². The van der Waals surface area contributed by atoms with Gasteiger partial charge in [-0.2, -0.15) is 0 Å². The number of rotatable bonds is 54. The Morgan fingerprint density at radius 1 is 0.183 bits per heavy atom. The second kappa shape index (κ2) is 63.2. The van der Waals surface area contributed by atoms with Crippen molar-refractivity contribution in [1.82, 2.24) is 0 Å². The number of hydrogen-bond acceptors (Lipinski definition) is 2. The van der Waals surface area contributed by atoms with E-state index in [4.69, 9.17) is 9.84 Å². The van der Waals surface area contributed by atoms with E-state index in [1.807, 2.05) is 0 Å². The van der Waals surface area contributed by atoms with E-state index < -0.39 is 0 Å². The van der Waals surface area contributed by atoms with Gasteiger partial charge in [-0.15, -0.1) is 0 Å². The normalized spacial score (nSPS) is 11.4. The summed E-state index contributed by atoms with van der Waals surface area (Å²) in [6.45, 7) is 9.27. The highest BCUT2D eigenvalue weighted by molar-refractivity contribution is 4.54. The summed E-state index contributed by atoms with van der Waals surface area (Å²) in [5.74, 6) is 0. The molecule has 364 valence electrons. The number of hydrogen-bond donors (Lipinski definition) is 1. The highest BCUT2D eigenvalue weighted by atomic mass is 16.5. The Labute approximate surface area is 382 Å². The molecule has 0 aliphatic rings. The minimum absolute atomic E-state index is 0.374. The summed E-state index contributed by atoms with van der Waals surface area (Å²) in [6.07, 6.45) is 74.2. The first kappa shape index (κ1) is 62.0. The fraction of sp³-hybridized carbons (Fsp3) is 1.00. The largest absolute Gasteiger partial charge is 0.396 e. The van der Waals surface area contributed by atoms with Crippen molar-refractivity contribution in [2.75, 3.05) is 19.8 Å². The molecule has 0 radical (unpaired) electrons. The van der Waals surface area contributed by atoms with E-state index in [2.05, 4.69) is 20.8 Å². The van der Waals surface area contributed by atoms with E-state index in [0.717, 1.165) is 19.6 Å². The van der Waals surface area contributed by atoms with Gasteiger partial charge >= 0.3 is 0 Å². The van der Waals surface area contributed by atoms with Gasteiger partial charge < -0.3 is 9.84 Å². The Balaban J connectivity index is 0. The molecule has 2 nitrogen and oxygen atoms in total. The minimum atomic E-state index is 0.374. The molecule has 0 rings (SSSR count). The van der Waals surface area contributed by atoms with E-state index in [9.17, 15) is 0 Å². The Bertz CT molecular complexity index is 609. The maximum Gasteiger partial charge on any atom is 0.0466 e. The molecule has 1 N–H and O–H groups in total. The van der Waals surface area contributed by atoms with Gasteiger partial charge in [-0.05, 0) is 19.3 Å². The lowest BCUT2D eigenvalue weighted by Gasteiger charge is -2.06. The van der Waals surface area contributed by atoms with Crippen LogP contribution in [0.5, 0.6) is 0 Å². The van der Waals surface area contributed by atoms with Gasteiger partial charge in [0.2, 0.25) is 0 Å². The highest BCUT2D eigenvalue weighted by Gasteiger charge is 1.99. The minimum Gasteiger partial charge on any atom is -0.396 e. The van der Waals surface area contributed by atoms with E-state index >= 15 is 0 Å². The van der Waals surface area contributed by atoms with Gasteiger partial charge in [0.1, 0.15) is 0 Å². The standard InChI is InChI=1S/C36H74O.C22H46O/c1-3-5-7-9-11-13-15-17-19-21-23-25-27-29-31-33-35-37-36-34-32-30-28-26-24-22-20-18-16-14-12-10-8-6-4-2;1-2-3-4-5-6-7-8-9-10-11-12-13-14-15-16-17-18-19-20-21-22-23/h3-36H2,1-2H3;23H,2-22H2,1H3. The third-order valence-electron chi connectivity index (χ3n) is 13.3. The van der Waals surface area contributed by atoms with Crippen LogP contribution in [0.2, 0.25) is 0 Å². The van der Waals surface area contributed by atoms with Crippen molar-refractivity contribution < 1.29 is 9.84 Å². The molecule has 0 aliphatic carbocycles. The van der Waals surface area contributed by atoms with Crippen LogP contribution in [0.15, 0.2) is 0 Å². The van der Waals surface area contributed by atoms with Gasteiger partial charge in [0, 0.05) is 19.8 Å². The van der Waals surface area contributed by atoms with Gasteiger partial charge in [0.05, 0.1) is 0 Å². The summed E-state index contributed by atoms with van der Waals surface area (Å²) in [5.41, 5.74) is 0. The molecule has 0 unspecified atom stereocenters. The molecular formula is C58H120O2. The molecule has 0 saturated carbocycles. The molecule has 0 aromatic rings. The van der Waals surface area contributed by atoms with E-state index in [0.29, 0.717) is 6.61 Å². The zero-order chi connectivity index (χ0) is 43.6. The van der Waals surface area contributed by atoms with Crippen molar-refractivity contribution >= 4 is 0 Å². The molecular weight excluding hydrogens is 729 g/mol. The first-order valence-corrected chi connectivity index (χ1v) is 29.0. The molecule has 0 bridgehead atoms. The maximum atomic E-state index is 8.71. The Kier molecular flexibility index (Phi) is 65.3. The predicted molar refractivity (Wildman–Crippen MR) is 275 cm³/mol. The second-order valence-corrected chi connectivity index (χ2v) is 19.7. The van der Waals surface area contributed by atoms with Crippen LogP contribution in [0.4, 0.5) is 0 Å². The lowest BCUT2D eigenvalue weighted by atomic mass is 10.0. The first-order valence-electron chi connectivity index (χ1n) is 29.0. The molecule has 0 saturated heterocycles. The highest BCUT2D eigenvalue weighted by Crippen LogP contribution is 2.17. The summed E-state index contributed by atoms with van der Waals surface area (Å²) in [7, 11) is 0. The monoisotopic (exact) mass is 849 g/mol. The zero-order valence-corrected chi connectivity index (χ0v) is 42.7. The van der Waals surface area contributed by atoms with Crippen LogP contribution in [0.1, 0.15) is 355 Å². The molecule has 0 aromatic carbocycles. The number of unbranched alkanes of at least 4 members (excludes halogenated alkanes) is 49. The van der Waals surface area contributed by atoms with Crippen molar-refractivity contribution in [1.29, 1.82) is 0 Å². The molecule has 0 amide bonds. The van der Waals surface area contributed by atoms with Crippen molar-refractivity contribution in [2.45, 2.75) is 355 Å². The molecule has 0 aromatic heterocycles. The average molecular weight is 850 g/mol. The van der Waals surface area contributed by atoms with Crippen molar-refractivity contribution in [3.63, 3.8) is 0 Å². The van der Waals surface area contributed by atoms with Crippen LogP contribution < -0.4 is 0 Å². The smallest absolute Gasteiger partial charge is 0.0466 e. The molecule has 0 fully saturated rings. The third kappa shape index (κ3) is 64.5. The molecule has 60 heavy (non-hydrogen) atoms. The second-order valence-electron chi connectivity index (χ2n) is 19.7. The van der Waals surface area contributed by atoms with Gasteiger partial charge in [-0.3, -0.25) is 0 Å². The zero-order valence-electron chi connectivity index (χ0n) is 42.7. The van der Waals surface area contributed by atoms with E-state index in [1.54, 1.807) is 0 Å².